The van der Waals surface area contributed by atoms with E-state index in [1.165, 1.54) is 10.7 Å². The molecule has 1 atom stereocenters. The molecule has 3 heterocycles. The summed E-state index contributed by atoms with van der Waals surface area (Å²) in [4.78, 5) is 33.7. The van der Waals surface area contributed by atoms with Gasteiger partial charge in [0.05, 0.1) is 19.0 Å². The summed E-state index contributed by atoms with van der Waals surface area (Å²) < 4.78 is 6.81. The average molecular weight is 513 g/mol. The molecule has 1 fully saturated rings. The molecule has 6 rings (SSSR count). The Bertz CT molecular complexity index is 1530. The Morgan fingerprint density at radius 1 is 1.16 bits per heavy atom. The molecule has 2 N–H and O–H groups in total. The van der Waals surface area contributed by atoms with Crippen molar-refractivity contribution in [2.75, 3.05) is 24.0 Å². The van der Waals surface area contributed by atoms with Gasteiger partial charge in [-0.3, -0.25) is 4.79 Å². The maximum Gasteiger partial charge on any atom is 0.327 e. The first-order chi connectivity index (χ1) is 18.4. The minimum absolute atomic E-state index is 0.176. The number of aliphatic carboxylic acids is 1. The second-order valence-electron chi connectivity index (χ2n) is 9.78. The van der Waals surface area contributed by atoms with Gasteiger partial charge in [-0.15, -0.1) is 5.10 Å². The van der Waals surface area contributed by atoms with Crippen molar-refractivity contribution in [2.45, 2.75) is 37.9 Å². The number of carboxylic acid groups (broad SMARTS) is 1. The molecular weight excluding hydrogens is 484 g/mol. The number of hydrogen-bond acceptors (Lipinski definition) is 7. The highest BCUT2D eigenvalue weighted by atomic mass is 16.5. The van der Waals surface area contributed by atoms with E-state index < -0.39 is 12.0 Å². The lowest BCUT2D eigenvalue weighted by Crippen LogP contribution is -2.36. The number of benzene rings is 2. The zero-order valence-corrected chi connectivity index (χ0v) is 21.2. The summed E-state index contributed by atoms with van der Waals surface area (Å²) in [5, 5.41) is 17.9. The first-order valence-electron chi connectivity index (χ1n) is 12.6. The molecule has 0 saturated heterocycles. The van der Waals surface area contributed by atoms with Crippen LogP contribution in [-0.2, 0) is 17.8 Å². The number of methoxy groups -OCH3 is 1. The number of carbonyl (C=O) groups is 2. The molecule has 0 bridgehead atoms. The molecule has 194 valence electrons. The van der Waals surface area contributed by atoms with Crippen molar-refractivity contribution < 1.29 is 19.4 Å². The maximum atomic E-state index is 13.1. The lowest BCUT2D eigenvalue weighted by atomic mass is 10.1. The van der Waals surface area contributed by atoms with Crippen molar-refractivity contribution in [3.05, 3.63) is 77.6 Å². The molecule has 2 aromatic heterocycles. The summed E-state index contributed by atoms with van der Waals surface area (Å²) in [5.41, 5.74) is 4.34. The number of rotatable bonds is 8. The molecule has 1 aliphatic heterocycles. The minimum atomic E-state index is -0.937. The van der Waals surface area contributed by atoms with Gasteiger partial charge in [0.1, 0.15) is 11.8 Å². The zero-order valence-electron chi connectivity index (χ0n) is 21.2. The molecule has 1 saturated carbocycles. The number of hydrogen-bond donors (Lipinski definition) is 2. The minimum Gasteiger partial charge on any atom is -0.497 e. The van der Waals surface area contributed by atoms with Crippen LogP contribution in [0.2, 0.25) is 0 Å². The number of imidazole rings is 1. The van der Waals surface area contributed by atoms with Crippen LogP contribution < -0.4 is 19.9 Å². The number of carboxylic acids is 1. The molecule has 10 nitrogen and oxygen atoms in total. The second-order valence-corrected chi connectivity index (χ2v) is 9.78. The normalized spacial score (nSPS) is 16.4. The third-order valence-electron chi connectivity index (χ3n) is 7.08. The van der Waals surface area contributed by atoms with E-state index in [2.05, 4.69) is 10.3 Å². The number of carbonyl (C=O) groups excluding carboxylic acids is 1. The summed E-state index contributed by atoms with van der Waals surface area (Å²) in [5.74, 6) is 0.0282. The average Bonchev–Trinajstić information content (AvgIpc) is 3.48. The summed E-state index contributed by atoms with van der Waals surface area (Å²) in [6.07, 6.45) is 3.81. The number of aromatic nitrogens is 3. The number of nitrogens with zero attached hydrogens (tertiary/aromatic N) is 5. The van der Waals surface area contributed by atoms with E-state index in [1.54, 1.807) is 12.0 Å². The van der Waals surface area contributed by atoms with E-state index >= 15 is 0 Å². The van der Waals surface area contributed by atoms with Crippen LogP contribution in [0.5, 0.6) is 5.75 Å². The van der Waals surface area contributed by atoms with Crippen LogP contribution >= 0.6 is 0 Å². The molecule has 10 heteroatoms. The fraction of sp³-hybridized carbons (Fsp3) is 0.286. The van der Waals surface area contributed by atoms with Gasteiger partial charge in [0.25, 0.3) is 5.91 Å². The second kappa shape index (κ2) is 9.37. The number of ether oxygens (including phenoxy) is 1. The molecule has 38 heavy (non-hydrogen) atoms. The first kappa shape index (κ1) is 23.8. The molecule has 2 aromatic carbocycles. The maximum absolute atomic E-state index is 13.1. The molecule has 1 amide bonds. The predicted octanol–water partition coefficient (Wildman–Crippen LogP) is 3.41. The largest absolute Gasteiger partial charge is 0.497 e. The number of amides is 1. The standard InChI is InChI=1S/C28H28N6O4/c1-32(16-17-7-11-20(38-2)12-8-17)22-14-25(33-21-6-4-3-5-18(21)13-23(33)28(36)37)31-34-24(15-29-26(22)34)27(35)30-19-9-10-19/h3-8,11-12,14-15,19,23H,9-10,13,16H2,1-2H3,(H,30,35)(H,36,37). The van der Waals surface area contributed by atoms with Crippen LogP contribution in [0.15, 0.2) is 60.8 Å². The zero-order chi connectivity index (χ0) is 26.4. The number of nitrogens with one attached hydrogen (secondary N) is 1. The highest BCUT2D eigenvalue weighted by molar-refractivity contribution is 5.94. The Balaban J connectivity index is 1.47. The van der Waals surface area contributed by atoms with E-state index in [-0.39, 0.29) is 11.9 Å². The SMILES string of the molecule is COc1ccc(CN(C)c2cc(N3c4ccccc4CC3C(=O)O)nn3c(C(=O)NC4CC4)cnc23)cc1. The fourth-order valence-corrected chi connectivity index (χ4v) is 4.94. The van der Waals surface area contributed by atoms with Gasteiger partial charge < -0.3 is 25.0 Å². The predicted molar refractivity (Wildman–Crippen MR) is 142 cm³/mol. The number of fused-ring (bicyclic) bond motifs is 2. The van der Waals surface area contributed by atoms with Crippen LogP contribution in [0.4, 0.5) is 17.2 Å². The summed E-state index contributed by atoms with van der Waals surface area (Å²) in [7, 11) is 3.57. The van der Waals surface area contributed by atoms with Gasteiger partial charge in [-0.25, -0.2) is 14.3 Å². The molecule has 0 spiro atoms. The smallest absolute Gasteiger partial charge is 0.327 e. The van der Waals surface area contributed by atoms with E-state index in [1.807, 2.05) is 66.5 Å². The van der Waals surface area contributed by atoms with Gasteiger partial charge in [-0.05, 0) is 42.2 Å². The van der Waals surface area contributed by atoms with E-state index in [0.717, 1.165) is 41.1 Å². The van der Waals surface area contributed by atoms with Crippen LogP contribution in [0.25, 0.3) is 5.65 Å². The van der Waals surface area contributed by atoms with Crippen molar-refractivity contribution in [1.29, 1.82) is 0 Å². The van der Waals surface area contributed by atoms with Gasteiger partial charge in [0, 0.05) is 37.8 Å². The Labute approximate surface area is 219 Å². The highest BCUT2D eigenvalue weighted by Gasteiger charge is 2.37. The van der Waals surface area contributed by atoms with E-state index in [4.69, 9.17) is 9.84 Å². The summed E-state index contributed by atoms with van der Waals surface area (Å²) in [6.45, 7) is 0.554. The lowest BCUT2D eigenvalue weighted by molar-refractivity contribution is -0.138. The molecule has 1 aliphatic carbocycles. The van der Waals surface area contributed by atoms with Crippen LogP contribution in [0.3, 0.4) is 0 Å². The van der Waals surface area contributed by atoms with Gasteiger partial charge >= 0.3 is 5.97 Å². The third-order valence-corrected chi connectivity index (χ3v) is 7.08. The lowest BCUT2D eigenvalue weighted by Gasteiger charge is -2.26. The van der Waals surface area contributed by atoms with Crippen molar-refractivity contribution in [3.8, 4) is 5.75 Å². The van der Waals surface area contributed by atoms with Gasteiger partial charge in [-0.2, -0.15) is 0 Å². The van der Waals surface area contributed by atoms with Crippen molar-refractivity contribution in [2.24, 2.45) is 0 Å². The Hall–Kier alpha value is -4.60. The van der Waals surface area contributed by atoms with Gasteiger partial charge in [-0.1, -0.05) is 30.3 Å². The van der Waals surface area contributed by atoms with Crippen molar-refractivity contribution in [1.82, 2.24) is 19.9 Å². The molecule has 0 radical (unpaired) electrons. The highest BCUT2D eigenvalue weighted by Crippen LogP contribution is 2.39. The number of anilines is 3. The van der Waals surface area contributed by atoms with Crippen molar-refractivity contribution in [3.63, 3.8) is 0 Å². The van der Waals surface area contributed by atoms with Gasteiger partial charge in [0.15, 0.2) is 17.2 Å². The Morgan fingerprint density at radius 2 is 1.92 bits per heavy atom. The van der Waals surface area contributed by atoms with Crippen molar-refractivity contribution >= 4 is 34.7 Å². The first-order valence-corrected chi connectivity index (χ1v) is 12.6. The van der Waals surface area contributed by atoms with E-state index in [0.29, 0.717) is 30.1 Å². The molecule has 4 aromatic rings. The Morgan fingerprint density at radius 3 is 2.63 bits per heavy atom. The summed E-state index contributed by atoms with van der Waals surface area (Å²) in [6, 6.07) is 16.6. The Kier molecular flexibility index (Phi) is 5.86. The topological polar surface area (TPSA) is 112 Å². The van der Waals surface area contributed by atoms with Crippen LogP contribution in [0, 0.1) is 0 Å². The molecule has 1 unspecified atom stereocenters. The number of para-hydroxylation sites is 1. The van der Waals surface area contributed by atoms with Crippen LogP contribution in [-0.4, -0.2) is 57.8 Å². The monoisotopic (exact) mass is 512 g/mol. The van der Waals surface area contributed by atoms with E-state index in [9.17, 15) is 14.7 Å². The molecular formula is C28H28N6O4. The quantitative estimate of drug-likeness (QED) is 0.369. The van der Waals surface area contributed by atoms with Crippen LogP contribution in [0.1, 0.15) is 34.5 Å². The third kappa shape index (κ3) is 4.27. The summed E-state index contributed by atoms with van der Waals surface area (Å²) >= 11 is 0. The fourth-order valence-electron chi connectivity index (χ4n) is 4.94. The molecule has 2 aliphatic rings. The van der Waals surface area contributed by atoms with Gasteiger partial charge in [0.2, 0.25) is 0 Å².